The highest BCUT2D eigenvalue weighted by molar-refractivity contribution is 5.70. The van der Waals surface area contributed by atoms with E-state index in [-0.39, 0.29) is 18.8 Å². The molecule has 33 heavy (non-hydrogen) atoms. The Labute approximate surface area is 191 Å². The van der Waals surface area contributed by atoms with Crippen molar-refractivity contribution in [3.63, 3.8) is 0 Å². The summed E-state index contributed by atoms with van der Waals surface area (Å²) in [4.78, 5) is 21.1. The standard InChI is InChI=1S/C22H31N5O6/c28-14-18-20(30)21(31)19(29)13-26(18)11-4-2-1-3-8-23-16-7-6-15(12-17(16)27(32)33)22-24-9-5-10-25-22/h5-7,9-10,12,18-21,23,28-31H,1-4,8,11,13-14H2/t18-,19+,20-,21-/m1/s1. The van der Waals surface area contributed by atoms with Crippen LogP contribution in [0.15, 0.2) is 36.7 Å². The maximum Gasteiger partial charge on any atom is 0.293 e. The lowest BCUT2D eigenvalue weighted by Crippen LogP contribution is -2.62. The van der Waals surface area contributed by atoms with Crippen molar-refractivity contribution in [3.05, 3.63) is 46.8 Å². The minimum absolute atomic E-state index is 0.0283. The zero-order chi connectivity index (χ0) is 23.8. The average molecular weight is 462 g/mol. The molecule has 5 N–H and O–H groups in total. The van der Waals surface area contributed by atoms with Crippen LogP contribution in [0, 0.1) is 10.1 Å². The Balaban J connectivity index is 1.42. The maximum absolute atomic E-state index is 11.5. The quantitative estimate of drug-likeness (QED) is 0.183. The van der Waals surface area contributed by atoms with Crippen molar-refractivity contribution in [2.45, 2.75) is 50.0 Å². The molecule has 11 heteroatoms. The number of hydrogen-bond acceptors (Lipinski definition) is 10. The van der Waals surface area contributed by atoms with Crippen molar-refractivity contribution >= 4 is 11.4 Å². The second kappa shape index (κ2) is 12.0. The number of piperidine rings is 1. The van der Waals surface area contributed by atoms with Crippen LogP contribution in [0.5, 0.6) is 0 Å². The first-order chi connectivity index (χ1) is 15.9. The van der Waals surface area contributed by atoms with E-state index in [1.54, 1.807) is 30.6 Å². The van der Waals surface area contributed by atoms with Crippen LogP contribution in [-0.2, 0) is 0 Å². The molecule has 0 spiro atoms. The molecule has 4 atom stereocenters. The topological polar surface area (TPSA) is 165 Å². The van der Waals surface area contributed by atoms with Crippen LogP contribution in [0.3, 0.4) is 0 Å². The van der Waals surface area contributed by atoms with Gasteiger partial charge in [-0.1, -0.05) is 12.8 Å². The Kier molecular flexibility index (Phi) is 9.03. The fraction of sp³-hybridized carbons (Fsp3) is 0.545. The molecule has 2 heterocycles. The number of nitro benzene ring substituents is 1. The maximum atomic E-state index is 11.5. The van der Waals surface area contributed by atoms with Gasteiger partial charge in [0.05, 0.1) is 23.7 Å². The minimum atomic E-state index is -1.25. The van der Waals surface area contributed by atoms with Gasteiger partial charge in [-0.3, -0.25) is 15.0 Å². The number of rotatable bonds is 11. The minimum Gasteiger partial charge on any atom is -0.395 e. The lowest BCUT2D eigenvalue weighted by atomic mass is 9.94. The molecule has 0 amide bonds. The van der Waals surface area contributed by atoms with E-state index < -0.39 is 29.3 Å². The number of aromatic nitrogens is 2. The lowest BCUT2D eigenvalue weighted by Gasteiger charge is -2.43. The van der Waals surface area contributed by atoms with E-state index in [1.807, 2.05) is 4.90 Å². The van der Waals surface area contributed by atoms with Gasteiger partial charge < -0.3 is 25.7 Å². The Morgan fingerprint density at radius 2 is 1.82 bits per heavy atom. The highest BCUT2D eigenvalue weighted by Gasteiger charge is 2.40. The van der Waals surface area contributed by atoms with Gasteiger partial charge in [0, 0.05) is 37.1 Å². The fourth-order valence-electron chi connectivity index (χ4n) is 4.07. The Morgan fingerprint density at radius 3 is 2.52 bits per heavy atom. The number of β-amino-alcohol motifs (C(OH)–C–C–N with tert-alkyl or cyclic N) is 1. The summed E-state index contributed by atoms with van der Waals surface area (Å²) in [7, 11) is 0. The number of nitro groups is 1. The summed E-state index contributed by atoms with van der Waals surface area (Å²) in [6, 6.07) is 5.98. The number of unbranched alkanes of at least 4 members (excludes halogenated alkanes) is 3. The van der Waals surface area contributed by atoms with Crippen LogP contribution in [0.4, 0.5) is 11.4 Å². The molecule has 0 unspecified atom stereocenters. The van der Waals surface area contributed by atoms with Gasteiger partial charge in [-0.2, -0.15) is 0 Å². The molecule has 1 fully saturated rings. The summed E-state index contributed by atoms with van der Waals surface area (Å²) >= 11 is 0. The Morgan fingerprint density at radius 1 is 1.09 bits per heavy atom. The lowest BCUT2D eigenvalue weighted by molar-refractivity contribution is -0.383. The SMILES string of the molecule is O=[N+]([O-])c1cc(-c2ncccn2)ccc1NCCCCCCN1C[C@H](O)[C@@H](O)[C@H](O)[C@H]1CO. The number of hydrogen-bond donors (Lipinski definition) is 5. The van der Waals surface area contributed by atoms with E-state index in [9.17, 15) is 30.5 Å². The number of likely N-dealkylation sites (tertiary alicyclic amines) is 1. The van der Waals surface area contributed by atoms with E-state index in [2.05, 4.69) is 15.3 Å². The van der Waals surface area contributed by atoms with Crippen LogP contribution >= 0.6 is 0 Å². The zero-order valence-electron chi connectivity index (χ0n) is 18.3. The van der Waals surface area contributed by atoms with Crippen molar-refractivity contribution < 1.29 is 25.3 Å². The molecule has 1 aliphatic rings. The molecule has 1 aromatic carbocycles. The zero-order valence-corrected chi connectivity index (χ0v) is 18.3. The number of aliphatic hydroxyl groups is 4. The highest BCUT2D eigenvalue weighted by Crippen LogP contribution is 2.29. The molecular formula is C22H31N5O6. The third-order valence-corrected chi connectivity index (χ3v) is 5.92. The summed E-state index contributed by atoms with van der Waals surface area (Å²) in [6.45, 7) is 1.09. The molecule has 0 bridgehead atoms. The van der Waals surface area contributed by atoms with Crippen LogP contribution in [0.1, 0.15) is 25.7 Å². The first-order valence-electron chi connectivity index (χ1n) is 11.1. The van der Waals surface area contributed by atoms with Gasteiger partial charge in [-0.05, 0) is 37.6 Å². The van der Waals surface area contributed by atoms with E-state index in [1.165, 1.54) is 6.07 Å². The second-order valence-corrected chi connectivity index (χ2v) is 8.20. The molecule has 2 aromatic rings. The largest absolute Gasteiger partial charge is 0.395 e. The molecule has 3 rings (SSSR count). The molecule has 11 nitrogen and oxygen atoms in total. The van der Waals surface area contributed by atoms with E-state index >= 15 is 0 Å². The molecule has 0 radical (unpaired) electrons. The van der Waals surface area contributed by atoms with Crippen molar-refractivity contribution in [3.8, 4) is 11.4 Å². The van der Waals surface area contributed by atoms with E-state index in [0.717, 1.165) is 25.7 Å². The average Bonchev–Trinajstić information content (AvgIpc) is 2.82. The van der Waals surface area contributed by atoms with Gasteiger partial charge in [0.2, 0.25) is 0 Å². The normalized spacial score (nSPS) is 23.4. The number of benzene rings is 1. The van der Waals surface area contributed by atoms with Crippen LogP contribution < -0.4 is 5.32 Å². The Bertz CT molecular complexity index is 902. The molecule has 1 aliphatic heterocycles. The third-order valence-electron chi connectivity index (χ3n) is 5.92. The molecule has 180 valence electrons. The van der Waals surface area contributed by atoms with E-state index in [4.69, 9.17) is 0 Å². The van der Waals surface area contributed by atoms with Gasteiger partial charge in [0.25, 0.3) is 5.69 Å². The van der Waals surface area contributed by atoms with Gasteiger partial charge in [0.1, 0.15) is 17.9 Å². The summed E-state index contributed by atoms with van der Waals surface area (Å²) in [6.07, 6.45) is 3.10. The third kappa shape index (κ3) is 6.42. The number of aliphatic hydroxyl groups excluding tert-OH is 4. The molecule has 0 aliphatic carbocycles. The summed E-state index contributed by atoms with van der Waals surface area (Å²) < 4.78 is 0. The fourth-order valence-corrected chi connectivity index (χ4v) is 4.07. The predicted molar refractivity (Wildman–Crippen MR) is 122 cm³/mol. The molecular weight excluding hydrogens is 430 g/mol. The smallest absolute Gasteiger partial charge is 0.293 e. The van der Waals surface area contributed by atoms with Gasteiger partial charge >= 0.3 is 0 Å². The van der Waals surface area contributed by atoms with Crippen molar-refractivity contribution in [2.24, 2.45) is 0 Å². The van der Waals surface area contributed by atoms with Crippen molar-refractivity contribution in [1.29, 1.82) is 0 Å². The highest BCUT2D eigenvalue weighted by atomic mass is 16.6. The van der Waals surface area contributed by atoms with Gasteiger partial charge in [-0.25, -0.2) is 9.97 Å². The number of nitrogens with one attached hydrogen (secondary N) is 1. The Hall–Kier alpha value is -2.70. The first-order valence-corrected chi connectivity index (χ1v) is 11.1. The molecule has 0 saturated carbocycles. The molecule has 1 aromatic heterocycles. The van der Waals surface area contributed by atoms with Crippen LogP contribution in [-0.4, -0.2) is 90.8 Å². The van der Waals surface area contributed by atoms with Gasteiger partial charge in [0.15, 0.2) is 5.82 Å². The number of nitrogens with zero attached hydrogens (tertiary/aromatic N) is 4. The van der Waals surface area contributed by atoms with Crippen molar-refractivity contribution in [1.82, 2.24) is 14.9 Å². The first kappa shape index (κ1) is 24.9. The second-order valence-electron chi connectivity index (χ2n) is 8.20. The number of anilines is 1. The van der Waals surface area contributed by atoms with Gasteiger partial charge in [-0.15, -0.1) is 0 Å². The summed E-state index contributed by atoms with van der Waals surface area (Å²) in [5.41, 5.74) is 0.995. The molecule has 1 saturated heterocycles. The van der Waals surface area contributed by atoms with Crippen LogP contribution in [0.25, 0.3) is 11.4 Å². The monoisotopic (exact) mass is 461 g/mol. The summed E-state index contributed by atoms with van der Waals surface area (Å²) in [5, 5.41) is 53.8. The predicted octanol–water partition coefficient (Wildman–Crippen LogP) is 0.783. The van der Waals surface area contributed by atoms with E-state index in [0.29, 0.717) is 30.2 Å². The van der Waals surface area contributed by atoms with Crippen LogP contribution in [0.2, 0.25) is 0 Å². The van der Waals surface area contributed by atoms with Crippen molar-refractivity contribution in [2.75, 3.05) is 31.6 Å². The summed E-state index contributed by atoms with van der Waals surface area (Å²) in [5.74, 6) is 0.429.